The molecule has 148 valence electrons. The molecule has 1 aromatic carbocycles. The number of amides is 1. The van der Waals surface area contributed by atoms with Crippen LogP contribution in [0.4, 0.5) is 11.4 Å². The minimum Gasteiger partial charge on any atom is -0.465 e. The van der Waals surface area contributed by atoms with E-state index in [2.05, 4.69) is 20.5 Å². The van der Waals surface area contributed by atoms with Gasteiger partial charge in [-0.05, 0) is 30.3 Å². The van der Waals surface area contributed by atoms with Crippen LogP contribution in [0.5, 0.6) is 0 Å². The summed E-state index contributed by atoms with van der Waals surface area (Å²) >= 11 is 0. The fourth-order valence-electron chi connectivity index (χ4n) is 2.85. The average Bonchev–Trinajstić information content (AvgIpc) is 2.74. The molecule has 0 atom stereocenters. The Bertz CT molecular complexity index is 804. The van der Waals surface area contributed by atoms with Gasteiger partial charge < -0.3 is 20.1 Å². The number of anilines is 2. The molecule has 28 heavy (non-hydrogen) atoms. The van der Waals surface area contributed by atoms with Gasteiger partial charge in [-0.25, -0.2) is 9.78 Å². The smallest absolute Gasteiger partial charge is 0.337 e. The molecule has 8 nitrogen and oxygen atoms in total. The first kappa shape index (κ1) is 19.8. The van der Waals surface area contributed by atoms with Crippen molar-refractivity contribution in [3.8, 4) is 0 Å². The molecule has 1 aliphatic rings. The van der Waals surface area contributed by atoms with Crippen LogP contribution in [0.15, 0.2) is 42.6 Å². The minimum absolute atomic E-state index is 0.201. The molecule has 3 rings (SSSR count). The van der Waals surface area contributed by atoms with E-state index in [0.29, 0.717) is 23.5 Å². The Morgan fingerprint density at radius 2 is 2.00 bits per heavy atom. The second kappa shape index (κ2) is 9.82. The Labute approximate surface area is 163 Å². The van der Waals surface area contributed by atoms with Crippen molar-refractivity contribution < 1.29 is 19.1 Å². The zero-order valence-corrected chi connectivity index (χ0v) is 15.8. The fourth-order valence-corrected chi connectivity index (χ4v) is 2.85. The summed E-state index contributed by atoms with van der Waals surface area (Å²) in [7, 11) is 1.34. The van der Waals surface area contributed by atoms with Crippen molar-refractivity contribution in [3.63, 3.8) is 0 Å². The zero-order chi connectivity index (χ0) is 19.8. The van der Waals surface area contributed by atoms with E-state index in [1.165, 1.54) is 7.11 Å². The first-order chi connectivity index (χ1) is 13.7. The van der Waals surface area contributed by atoms with Crippen LogP contribution in [0.25, 0.3) is 0 Å². The summed E-state index contributed by atoms with van der Waals surface area (Å²) in [5.74, 6) is -0.599. The monoisotopic (exact) mass is 384 g/mol. The molecule has 0 saturated carbocycles. The Kier molecular flexibility index (Phi) is 6.94. The van der Waals surface area contributed by atoms with Gasteiger partial charge in [-0.3, -0.25) is 9.69 Å². The van der Waals surface area contributed by atoms with Crippen LogP contribution >= 0.6 is 0 Å². The van der Waals surface area contributed by atoms with Gasteiger partial charge >= 0.3 is 5.97 Å². The van der Waals surface area contributed by atoms with Gasteiger partial charge in [-0.15, -0.1) is 0 Å². The van der Waals surface area contributed by atoms with Gasteiger partial charge in [0.2, 0.25) is 0 Å². The third-order valence-corrected chi connectivity index (χ3v) is 4.39. The van der Waals surface area contributed by atoms with Crippen molar-refractivity contribution in [2.45, 2.75) is 0 Å². The molecule has 2 N–H and O–H groups in total. The largest absolute Gasteiger partial charge is 0.465 e. The first-order valence-electron chi connectivity index (χ1n) is 9.15. The van der Waals surface area contributed by atoms with E-state index in [-0.39, 0.29) is 5.91 Å². The highest BCUT2D eigenvalue weighted by molar-refractivity contribution is 5.92. The van der Waals surface area contributed by atoms with Gasteiger partial charge in [0.15, 0.2) is 0 Å². The van der Waals surface area contributed by atoms with Crippen molar-refractivity contribution in [1.29, 1.82) is 0 Å². The molecule has 0 bridgehead atoms. The molecular formula is C20H24N4O4. The van der Waals surface area contributed by atoms with Crippen molar-refractivity contribution >= 4 is 23.3 Å². The molecule has 1 aliphatic heterocycles. The summed E-state index contributed by atoms with van der Waals surface area (Å²) in [6.45, 7) is 4.64. The Morgan fingerprint density at radius 3 is 2.71 bits per heavy atom. The molecule has 1 aromatic heterocycles. The van der Waals surface area contributed by atoms with Crippen LogP contribution in [0.3, 0.4) is 0 Å². The number of ether oxygens (including phenoxy) is 2. The number of morpholine rings is 1. The van der Waals surface area contributed by atoms with Gasteiger partial charge in [0.1, 0.15) is 5.69 Å². The maximum absolute atomic E-state index is 12.2. The quantitative estimate of drug-likeness (QED) is 0.702. The Morgan fingerprint density at radius 1 is 1.18 bits per heavy atom. The van der Waals surface area contributed by atoms with E-state index in [0.717, 1.165) is 38.5 Å². The number of nitrogens with zero attached hydrogens (tertiary/aromatic N) is 2. The van der Waals surface area contributed by atoms with E-state index in [4.69, 9.17) is 9.47 Å². The summed E-state index contributed by atoms with van der Waals surface area (Å²) in [4.78, 5) is 30.3. The van der Waals surface area contributed by atoms with Gasteiger partial charge in [0, 0.05) is 31.9 Å². The maximum Gasteiger partial charge on any atom is 0.337 e. The first-order valence-corrected chi connectivity index (χ1v) is 9.15. The number of carbonyl (C=O) groups excluding carboxylic acids is 2. The summed E-state index contributed by atoms with van der Waals surface area (Å²) < 4.78 is 10.0. The predicted octanol–water partition coefficient (Wildman–Crippen LogP) is 1.67. The highest BCUT2D eigenvalue weighted by atomic mass is 16.5. The second-order valence-corrected chi connectivity index (χ2v) is 6.34. The van der Waals surface area contributed by atoms with Crippen molar-refractivity contribution in [3.05, 3.63) is 53.9 Å². The number of methoxy groups -OCH3 is 1. The molecule has 1 saturated heterocycles. The van der Waals surface area contributed by atoms with Gasteiger partial charge in [-0.2, -0.15) is 0 Å². The molecule has 1 fully saturated rings. The van der Waals surface area contributed by atoms with Crippen LogP contribution in [0.2, 0.25) is 0 Å². The van der Waals surface area contributed by atoms with Crippen LogP contribution in [-0.2, 0) is 9.47 Å². The van der Waals surface area contributed by atoms with Gasteiger partial charge in [0.05, 0.1) is 37.8 Å². The molecule has 0 unspecified atom stereocenters. The van der Waals surface area contributed by atoms with Crippen LogP contribution in [0.1, 0.15) is 20.8 Å². The number of esters is 1. The minimum atomic E-state index is -0.397. The lowest BCUT2D eigenvalue weighted by molar-refractivity contribution is 0.0383. The van der Waals surface area contributed by atoms with E-state index in [1.807, 2.05) is 6.07 Å². The number of pyridine rings is 1. The average molecular weight is 384 g/mol. The summed E-state index contributed by atoms with van der Waals surface area (Å²) in [6.07, 6.45) is 1.59. The predicted molar refractivity (Wildman–Crippen MR) is 105 cm³/mol. The van der Waals surface area contributed by atoms with Gasteiger partial charge in [-0.1, -0.05) is 6.07 Å². The Hall–Kier alpha value is -2.97. The van der Waals surface area contributed by atoms with E-state index < -0.39 is 5.97 Å². The van der Waals surface area contributed by atoms with E-state index >= 15 is 0 Å². The molecule has 1 amide bonds. The van der Waals surface area contributed by atoms with E-state index in [1.54, 1.807) is 36.5 Å². The van der Waals surface area contributed by atoms with Crippen LogP contribution in [0, 0.1) is 0 Å². The zero-order valence-electron chi connectivity index (χ0n) is 15.8. The number of benzene rings is 1. The molecule has 0 aliphatic carbocycles. The topological polar surface area (TPSA) is 92.8 Å². The van der Waals surface area contributed by atoms with E-state index in [9.17, 15) is 9.59 Å². The number of nitrogens with one attached hydrogen (secondary N) is 2. The van der Waals surface area contributed by atoms with Crippen molar-refractivity contribution in [2.75, 3.05) is 51.8 Å². The highest BCUT2D eigenvalue weighted by Gasteiger charge is 2.12. The lowest BCUT2D eigenvalue weighted by Gasteiger charge is -2.26. The van der Waals surface area contributed by atoms with Crippen molar-refractivity contribution in [1.82, 2.24) is 15.2 Å². The second-order valence-electron chi connectivity index (χ2n) is 6.34. The third kappa shape index (κ3) is 5.51. The number of hydrogen-bond acceptors (Lipinski definition) is 7. The molecule has 2 aromatic rings. The fraction of sp³-hybridized carbons (Fsp3) is 0.350. The lowest BCUT2D eigenvalue weighted by atomic mass is 10.2. The maximum atomic E-state index is 12.2. The lowest BCUT2D eigenvalue weighted by Crippen LogP contribution is -2.41. The highest BCUT2D eigenvalue weighted by Crippen LogP contribution is 2.17. The van der Waals surface area contributed by atoms with Crippen molar-refractivity contribution in [2.24, 2.45) is 0 Å². The molecule has 0 radical (unpaired) electrons. The summed E-state index contributed by atoms with van der Waals surface area (Å²) in [5.41, 5.74) is 2.26. The summed E-state index contributed by atoms with van der Waals surface area (Å²) in [5, 5.41) is 6.04. The normalized spacial score (nSPS) is 14.3. The molecule has 2 heterocycles. The van der Waals surface area contributed by atoms with Crippen LogP contribution in [-0.4, -0.2) is 68.3 Å². The molecular weight excluding hydrogens is 360 g/mol. The number of aromatic nitrogens is 1. The number of hydrogen-bond donors (Lipinski definition) is 2. The molecule has 0 spiro atoms. The Balaban J connectivity index is 1.51. The SMILES string of the molecule is COC(=O)c1cccc(Nc2ccc(C(=O)NCCN3CCOCC3)nc2)c1. The number of rotatable bonds is 7. The van der Waals surface area contributed by atoms with Gasteiger partial charge in [0.25, 0.3) is 5.91 Å². The van der Waals surface area contributed by atoms with Crippen LogP contribution < -0.4 is 10.6 Å². The standard InChI is InChI=1S/C20H24N4O4/c1-27-20(26)15-3-2-4-16(13-15)23-17-5-6-18(22-14-17)19(25)21-7-8-24-9-11-28-12-10-24/h2-6,13-14,23H,7-12H2,1H3,(H,21,25). The molecule has 8 heteroatoms. The third-order valence-electron chi connectivity index (χ3n) is 4.39. The number of carbonyl (C=O) groups is 2. The summed E-state index contributed by atoms with van der Waals surface area (Å²) in [6, 6.07) is 10.4.